The average molecular weight is 235 g/mol. The standard InChI is InChI=1S/C12H17N3O2/c1-4-15(3)12(17)9(2)14-11(16)10-6-5-7-13-8-10/h5-9H,4H2,1-3H3,(H,14,16). The van der Waals surface area contributed by atoms with E-state index < -0.39 is 6.04 Å². The Hall–Kier alpha value is -1.91. The molecule has 5 heteroatoms. The summed E-state index contributed by atoms with van der Waals surface area (Å²) in [4.78, 5) is 28.9. The predicted octanol–water partition coefficient (Wildman–Crippen LogP) is 0.678. The van der Waals surface area contributed by atoms with Crippen LogP contribution in [-0.2, 0) is 4.79 Å². The zero-order valence-electron chi connectivity index (χ0n) is 10.3. The topological polar surface area (TPSA) is 62.3 Å². The molecule has 1 unspecified atom stereocenters. The summed E-state index contributed by atoms with van der Waals surface area (Å²) in [6, 6.07) is 2.80. The molecule has 1 atom stereocenters. The molecular weight excluding hydrogens is 218 g/mol. The van der Waals surface area contributed by atoms with Gasteiger partial charge in [0.2, 0.25) is 5.91 Å². The molecule has 1 aromatic rings. The van der Waals surface area contributed by atoms with Gasteiger partial charge in [0.15, 0.2) is 0 Å². The number of nitrogens with zero attached hydrogens (tertiary/aromatic N) is 2. The maximum atomic E-state index is 11.7. The lowest BCUT2D eigenvalue weighted by Crippen LogP contribution is -2.45. The number of pyridine rings is 1. The third kappa shape index (κ3) is 3.55. The molecular formula is C12H17N3O2. The number of nitrogens with one attached hydrogen (secondary N) is 1. The molecule has 1 N–H and O–H groups in total. The summed E-state index contributed by atoms with van der Waals surface area (Å²) in [5.41, 5.74) is 0.450. The Morgan fingerprint density at radius 2 is 2.24 bits per heavy atom. The Kier molecular flexibility index (Phi) is 4.63. The van der Waals surface area contributed by atoms with Gasteiger partial charge in [0.25, 0.3) is 5.91 Å². The highest BCUT2D eigenvalue weighted by atomic mass is 16.2. The predicted molar refractivity (Wildman–Crippen MR) is 64.5 cm³/mol. The molecule has 0 aliphatic rings. The highest BCUT2D eigenvalue weighted by molar-refractivity contribution is 5.97. The van der Waals surface area contributed by atoms with Crippen LogP contribution in [0.25, 0.3) is 0 Å². The molecule has 17 heavy (non-hydrogen) atoms. The summed E-state index contributed by atoms with van der Waals surface area (Å²) in [6.45, 7) is 4.17. The minimum atomic E-state index is -0.535. The molecule has 0 saturated heterocycles. The van der Waals surface area contributed by atoms with Crippen LogP contribution in [0.2, 0.25) is 0 Å². The van der Waals surface area contributed by atoms with E-state index in [0.29, 0.717) is 12.1 Å². The fourth-order valence-corrected chi connectivity index (χ4v) is 1.33. The van der Waals surface area contributed by atoms with E-state index in [9.17, 15) is 9.59 Å². The van der Waals surface area contributed by atoms with E-state index in [1.165, 1.54) is 6.20 Å². The number of likely N-dealkylation sites (N-methyl/N-ethyl adjacent to an activating group) is 1. The van der Waals surface area contributed by atoms with Crippen LogP contribution >= 0.6 is 0 Å². The van der Waals surface area contributed by atoms with Gasteiger partial charge in [-0.2, -0.15) is 0 Å². The number of hydrogen-bond acceptors (Lipinski definition) is 3. The van der Waals surface area contributed by atoms with Crippen LogP contribution in [0.1, 0.15) is 24.2 Å². The van der Waals surface area contributed by atoms with Gasteiger partial charge in [-0.1, -0.05) is 0 Å². The summed E-state index contributed by atoms with van der Waals surface area (Å²) < 4.78 is 0. The van der Waals surface area contributed by atoms with E-state index in [1.54, 1.807) is 37.2 Å². The van der Waals surface area contributed by atoms with Gasteiger partial charge in [0, 0.05) is 26.0 Å². The first-order valence-electron chi connectivity index (χ1n) is 5.52. The van der Waals surface area contributed by atoms with Crippen LogP contribution in [0.3, 0.4) is 0 Å². The van der Waals surface area contributed by atoms with Gasteiger partial charge in [-0.15, -0.1) is 0 Å². The molecule has 1 aromatic heterocycles. The molecule has 0 bridgehead atoms. The molecule has 0 aliphatic heterocycles. The molecule has 0 aromatic carbocycles. The van der Waals surface area contributed by atoms with Crippen molar-refractivity contribution in [3.63, 3.8) is 0 Å². The molecule has 2 amide bonds. The van der Waals surface area contributed by atoms with Crippen molar-refractivity contribution in [2.24, 2.45) is 0 Å². The van der Waals surface area contributed by atoms with E-state index in [1.807, 2.05) is 6.92 Å². The van der Waals surface area contributed by atoms with Gasteiger partial charge in [-0.05, 0) is 26.0 Å². The zero-order chi connectivity index (χ0) is 12.8. The van der Waals surface area contributed by atoms with Crippen LogP contribution in [0.15, 0.2) is 24.5 Å². The number of hydrogen-bond donors (Lipinski definition) is 1. The first-order chi connectivity index (χ1) is 8.06. The summed E-state index contributed by atoms with van der Waals surface area (Å²) in [5, 5.41) is 2.64. The number of rotatable bonds is 4. The summed E-state index contributed by atoms with van der Waals surface area (Å²) in [6.07, 6.45) is 3.06. The monoisotopic (exact) mass is 235 g/mol. The van der Waals surface area contributed by atoms with Gasteiger partial charge < -0.3 is 10.2 Å². The maximum Gasteiger partial charge on any atom is 0.253 e. The lowest BCUT2D eigenvalue weighted by atomic mass is 10.2. The molecule has 0 spiro atoms. The lowest BCUT2D eigenvalue weighted by molar-refractivity contribution is -0.131. The maximum absolute atomic E-state index is 11.7. The Morgan fingerprint density at radius 3 is 2.76 bits per heavy atom. The first kappa shape index (κ1) is 13.2. The van der Waals surface area contributed by atoms with E-state index in [4.69, 9.17) is 0 Å². The third-order valence-electron chi connectivity index (χ3n) is 2.49. The fourth-order valence-electron chi connectivity index (χ4n) is 1.33. The third-order valence-corrected chi connectivity index (χ3v) is 2.49. The molecule has 0 saturated carbocycles. The van der Waals surface area contributed by atoms with Gasteiger partial charge >= 0.3 is 0 Å². The second-order valence-corrected chi connectivity index (χ2v) is 3.79. The highest BCUT2D eigenvalue weighted by Crippen LogP contribution is 1.98. The summed E-state index contributed by atoms with van der Waals surface area (Å²) >= 11 is 0. The largest absolute Gasteiger partial charge is 0.344 e. The number of amides is 2. The van der Waals surface area contributed by atoms with Crippen molar-refractivity contribution < 1.29 is 9.59 Å². The van der Waals surface area contributed by atoms with E-state index >= 15 is 0 Å². The van der Waals surface area contributed by atoms with Gasteiger partial charge in [-0.3, -0.25) is 14.6 Å². The van der Waals surface area contributed by atoms with Crippen molar-refractivity contribution in [3.8, 4) is 0 Å². The Morgan fingerprint density at radius 1 is 1.53 bits per heavy atom. The molecule has 92 valence electrons. The summed E-state index contributed by atoms with van der Waals surface area (Å²) in [5.74, 6) is -0.395. The number of aromatic nitrogens is 1. The zero-order valence-corrected chi connectivity index (χ0v) is 10.3. The lowest BCUT2D eigenvalue weighted by Gasteiger charge is -2.20. The van der Waals surface area contributed by atoms with Crippen LogP contribution in [-0.4, -0.2) is 41.3 Å². The van der Waals surface area contributed by atoms with Crippen molar-refractivity contribution in [1.82, 2.24) is 15.2 Å². The molecule has 0 fully saturated rings. The fraction of sp³-hybridized carbons (Fsp3) is 0.417. The van der Waals surface area contributed by atoms with Crippen molar-refractivity contribution in [1.29, 1.82) is 0 Å². The van der Waals surface area contributed by atoms with Gasteiger partial charge in [0.05, 0.1) is 5.56 Å². The smallest absolute Gasteiger partial charge is 0.253 e. The average Bonchev–Trinajstić information content (AvgIpc) is 2.37. The molecule has 1 rings (SSSR count). The van der Waals surface area contributed by atoms with Crippen molar-refractivity contribution in [2.45, 2.75) is 19.9 Å². The van der Waals surface area contributed by atoms with E-state index in [0.717, 1.165) is 0 Å². The quantitative estimate of drug-likeness (QED) is 0.834. The van der Waals surface area contributed by atoms with Crippen molar-refractivity contribution in [2.75, 3.05) is 13.6 Å². The van der Waals surface area contributed by atoms with Crippen LogP contribution < -0.4 is 5.32 Å². The van der Waals surface area contributed by atoms with E-state index in [-0.39, 0.29) is 11.8 Å². The van der Waals surface area contributed by atoms with Gasteiger partial charge in [-0.25, -0.2) is 0 Å². The highest BCUT2D eigenvalue weighted by Gasteiger charge is 2.18. The van der Waals surface area contributed by atoms with Crippen LogP contribution in [0, 0.1) is 0 Å². The Balaban J connectivity index is 2.61. The SMILES string of the molecule is CCN(C)C(=O)C(C)NC(=O)c1cccnc1. The van der Waals surface area contributed by atoms with E-state index in [2.05, 4.69) is 10.3 Å². The Bertz CT molecular complexity index is 392. The first-order valence-corrected chi connectivity index (χ1v) is 5.52. The van der Waals surface area contributed by atoms with Crippen LogP contribution in [0.4, 0.5) is 0 Å². The molecule has 1 heterocycles. The van der Waals surface area contributed by atoms with Crippen LogP contribution in [0.5, 0.6) is 0 Å². The normalized spacial score (nSPS) is 11.7. The minimum absolute atomic E-state index is 0.107. The second-order valence-electron chi connectivity index (χ2n) is 3.79. The second kappa shape index (κ2) is 5.98. The molecule has 0 aliphatic carbocycles. The Labute approximate surface area is 101 Å². The van der Waals surface area contributed by atoms with Gasteiger partial charge in [0.1, 0.15) is 6.04 Å². The number of carbonyl (C=O) groups excluding carboxylic acids is 2. The molecule has 5 nitrogen and oxygen atoms in total. The minimum Gasteiger partial charge on any atom is -0.344 e. The van der Waals surface area contributed by atoms with Crippen molar-refractivity contribution >= 4 is 11.8 Å². The molecule has 0 radical (unpaired) electrons. The summed E-state index contributed by atoms with van der Waals surface area (Å²) in [7, 11) is 1.70. The number of carbonyl (C=O) groups is 2. The van der Waals surface area contributed by atoms with Crippen molar-refractivity contribution in [3.05, 3.63) is 30.1 Å².